The molecule has 0 amide bonds. The Hall–Kier alpha value is -3.40. The lowest BCUT2D eigenvalue weighted by Crippen LogP contribution is -2.16. The molecular weight excluding hydrogens is 364 g/mol. The Morgan fingerprint density at radius 2 is 1.52 bits per heavy atom. The van der Waals surface area contributed by atoms with Crippen molar-refractivity contribution in [3.05, 3.63) is 95.1 Å². The molecule has 0 bridgehead atoms. The quantitative estimate of drug-likeness (QED) is 0.370. The molecule has 3 rings (SSSR count). The van der Waals surface area contributed by atoms with Crippen molar-refractivity contribution >= 4 is 11.8 Å². The third kappa shape index (κ3) is 5.11. The fourth-order valence-electron chi connectivity index (χ4n) is 3.04. The summed E-state index contributed by atoms with van der Waals surface area (Å²) in [4.78, 5) is 25.3. The third-order valence-electron chi connectivity index (χ3n) is 4.68. The normalized spacial score (nSPS) is 10.4. The second-order valence-electron chi connectivity index (χ2n) is 6.61. The first-order valence-electron chi connectivity index (χ1n) is 9.76. The number of para-hydroxylation sites is 2. The lowest BCUT2D eigenvalue weighted by atomic mass is 9.98. The van der Waals surface area contributed by atoms with E-state index < -0.39 is 5.97 Å². The molecule has 3 aromatic rings. The van der Waals surface area contributed by atoms with Crippen molar-refractivity contribution in [3.8, 4) is 11.5 Å². The lowest BCUT2D eigenvalue weighted by Gasteiger charge is -2.12. The average Bonchev–Trinajstić information content (AvgIpc) is 2.77. The number of ketones is 1. The molecule has 3 aromatic carbocycles. The van der Waals surface area contributed by atoms with Crippen molar-refractivity contribution in [1.29, 1.82) is 0 Å². The number of ether oxygens (including phenoxy) is 2. The maximum absolute atomic E-state index is 12.7. The van der Waals surface area contributed by atoms with Gasteiger partial charge in [0.1, 0.15) is 17.1 Å². The molecule has 0 aromatic heterocycles. The van der Waals surface area contributed by atoms with Crippen molar-refractivity contribution in [2.45, 2.75) is 26.7 Å². The minimum atomic E-state index is -0.588. The molecule has 4 nitrogen and oxygen atoms in total. The van der Waals surface area contributed by atoms with Gasteiger partial charge in [0.15, 0.2) is 6.61 Å². The van der Waals surface area contributed by atoms with E-state index in [0.29, 0.717) is 17.1 Å². The molecule has 0 aliphatic rings. The third-order valence-corrected chi connectivity index (χ3v) is 4.68. The van der Waals surface area contributed by atoms with E-state index in [1.807, 2.05) is 50.2 Å². The molecule has 0 unspecified atom stereocenters. The minimum absolute atomic E-state index is 0.202. The summed E-state index contributed by atoms with van der Waals surface area (Å²) in [5.41, 5.74) is 2.94. The monoisotopic (exact) mass is 388 g/mol. The van der Waals surface area contributed by atoms with Crippen LogP contribution in [-0.2, 0) is 17.6 Å². The molecule has 0 spiro atoms. The van der Waals surface area contributed by atoms with Crippen LogP contribution in [0.3, 0.4) is 0 Å². The molecule has 0 N–H and O–H groups in total. The van der Waals surface area contributed by atoms with E-state index in [0.717, 1.165) is 24.0 Å². The maximum Gasteiger partial charge on any atom is 0.342 e. The molecule has 0 fully saturated rings. The van der Waals surface area contributed by atoms with E-state index in [9.17, 15) is 9.59 Å². The molecule has 0 aliphatic carbocycles. The van der Waals surface area contributed by atoms with Crippen LogP contribution in [0.15, 0.2) is 72.8 Å². The molecule has 148 valence electrons. The Morgan fingerprint density at radius 1 is 0.793 bits per heavy atom. The van der Waals surface area contributed by atoms with E-state index in [1.165, 1.54) is 0 Å². The van der Waals surface area contributed by atoms with Crippen molar-refractivity contribution in [1.82, 2.24) is 0 Å². The first-order chi connectivity index (χ1) is 14.1. The summed E-state index contributed by atoms with van der Waals surface area (Å²) in [6.07, 6.45) is 1.58. The van der Waals surface area contributed by atoms with Gasteiger partial charge in [0.05, 0.1) is 0 Å². The van der Waals surface area contributed by atoms with Crippen LogP contribution in [0, 0.1) is 0 Å². The van der Waals surface area contributed by atoms with E-state index >= 15 is 0 Å². The van der Waals surface area contributed by atoms with Gasteiger partial charge >= 0.3 is 5.97 Å². The second-order valence-corrected chi connectivity index (χ2v) is 6.61. The molecule has 0 aliphatic heterocycles. The number of carbonyl (C=O) groups is 2. The predicted octanol–water partition coefficient (Wildman–Crippen LogP) is 5.64. The van der Waals surface area contributed by atoms with Crippen molar-refractivity contribution < 1.29 is 19.1 Å². The van der Waals surface area contributed by atoms with Crippen LogP contribution in [0.4, 0.5) is 0 Å². The number of esters is 1. The Kier molecular flexibility index (Phi) is 6.80. The van der Waals surface area contributed by atoms with Gasteiger partial charge in [-0.15, -0.1) is 0 Å². The number of carbonyl (C=O) groups excluding carboxylic acids is 2. The molecule has 0 saturated heterocycles. The molecule has 29 heavy (non-hydrogen) atoms. The summed E-state index contributed by atoms with van der Waals surface area (Å²) < 4.78 is 11.1. The second kappa shape index (κ2) is 9.69. The van der Waals surface area contributed by atoms with Crippen LogP contribution in [-0.4, -0.2) is 18.4 Å². The maximum atomic E-state index is 12.7. The SMILES string of the molecule is CCc1ccc(CC)c(C(=O)COC(=O)c2ccccc2Oc2ccccc2)c1. The Morgan fingerprint density at radius 3 is 2.24 bits per heavy atom. The number of rotatable bonds is 8. The highest BCUT2D eigenvalue weighted by Gasteiger charge is 2.18. The first-order valence-corrected chi connectivity index (χ1v) is 9.76. The van der Waals surface area contributed by atoms with Crippen molar-refractivity contribution in [3.63, 3.8) is 0 Å². The van der Waals surface area contributed by atoms with Gasteiger partial charge in [-0.05, 0) is 54.3 Å². The van der Waals surface area contributed by atoms with E-state index in [1.54, 1.807) is 36.4 Å². The van der Waals surface area contributed by atoms with Crippen LogP contribution in [0.1, 0.15) is 45.7 Å². The van der Waals surface area contributed by atoms with E-state index in [4.69, 9.17) is 9.47 Å². The number of benzene rings is 3. The van der Waals surface area contributed by atoms with Gasteiger partial charge < -0.3 is 9.47 Å². The molecule has 0 heterocycles. The smallest absolute Gasteiger partial charge is 0.342 e. The van der Waals surface area contributed by atoms with Crippen LogP contribution in [0.25, 0.3) is 0 Å². The Bertz CT molecular complexity index is 993. The van der Waals surface area contributed by atoms with Crippen LogP contribution < -0.4 is 4.74 Å². The molecular formula is C25H24O4. The van der Waals surface area contributed by atoms with Crippen LogP contribution >= 0.6 is 0 Å². The van der Waals surface area contributed by atoms with Crippen molar-refractivity contribution in [2.24, 2.45) is 0 Å². The summed E-state index contributed by atoms with van der Waals surface area (Å²) >= 11 is 0. The van der Waals surface area contributed by atoms with Crippen molar-refractivity contribution in [2.75, 3.05) is 6.61 Å². The standard InChI is InChI=1S/C25H24O4/c1-3-18-14-15-19(4-2)22(16-18)23(26)17-28-25(27)21-12-8-9-13-24(21)29-20-10-6-5-7-11-20/h5-16H,3-4,17H2,1-2H3. The first kappa shape index (κ1) is 20.3. The molecule has 0 saturated carbocycles. The fourth-order valence-corrected chi connectivity index (χ4v) is 3.04. The van der Waals surface area contributed by atoms with E-state index in [2.05, 4.69) is 0 Å². The number of hydrogen-bond donors (Lipinski definition) is 0. The zero-order valence-corrected chi connectivity index (χ0v) is 16.7. The average molecular weight is 388 g/mol. The summed E-state index contributed by atoms with van der Waals surface area (Å²) in [5, 5.41) is 0. The summed E-state index contributed by atoms with van der Waals surface area (Å²) in [5.74, 6) is 0.215. The van der Waals surface area contributed by atoms with Crippen LogP contribution in [0.2, 0.25) is 0 Å². The molecule has 0 radical (unpaired) electrons. The number of hydrogen-bond acceptors (Lipinski definition) is 4. The van der Waals surface area contributed by atoms with Gasteiger partial charge in [0.25, 0.3) is 0 Å². The number of aryl methyl sites for hydroxylation is 2. The lowest BCUT2D eigenvalue weighted by molar-refractivity contribution is 0.0472. The largest absolute Gasteiger partial charge is 0.456 e. The highest BCUT2D eigenvalue weighted by atomic mass is 16.5. The van der Waals surface area contributed by atoms with Gasteiger partial charge in [0.2, 0.25) is 5.78 Å². The zero-order chi connectivity index (χ0) is 20.6. The van der Waals surface area contributed by atoms with Crippen LogP contribution in [0.5, 0.6) is 11.5 Å². The zero-order valence-electron chi connectivity index (χ0n) is 16.7. The van der Waals surface area contributed by atoms with Gasteiger partial charge in [-0.3, -0.25) is 4.79 Å². The minimum Gasteiger partial charge on any atom is -0.456 e. The molecule has 4 heteroatoms. The summed E-state index contributed by atoms with van der Waals surface area (Å²) in [6, 6.07) is 21.9. The molecule has 0 atom stereocenters. The van der Waals surface area contributed by atoms with Gasteiger partial charge in [-0.1, -0.05) is 56.3 Å². The number of Topliss-reactive ketones (excluding diaryl/α,β-unsaturated/α-hetero) is 1. The Balaban J connectivity index is 1.72. The van der Waals surface area contributed by atoms with Gasteiger partial charge in [-0.25, -0.2) is 4.79 Å². The fraction of sp³-hybridized carbons (Fsp3) is 0.200. The summed E-state index contributed by atoms with van der Waals surface area (Å²) in [7, 11) is 0. The summed E-state index contributed by atoms with van der Waals surface area (Å²) in [6.45, 7) is 3.73. The highest BCUT2D eigenvalue weighted by Crippen LogP contribution is 2.25. The van der Waals surface area contributed by atoms with E-state index in [-0.39, 0.29) is 18.0 Å². The van der Waals surface area contributed by atoms with Gasteiger partial charge in [-0.2, -0.15) is 0 Å². The Labute approximate surface area is 171 Å². The van der Waals surface area contributed by atoms with Gasteiger partial charge in [0, 0.05) is 5.56 Å². The predicted molar refractivity (Wildman–Crippen MR) is 113 cm³/mol. The topological polar surface area (TPSA) is 52.6 Å². The highest BCUT2D eigenvalue weighted by molar-refractivity contribution is 6.01.